The zero-order chi connectivity index (χ0) is 18.0. The number of thiazole rings is 1. The topological polar surface area (TPSA) is 60.5 Å². The molecule has 134 valence electrons. The van der Waals surface area contributed by atoms with Gasteiger partial charge in [-0.1, -0.05) is 17.4 Å². The lowest BCUT2D eigenvalue weighted by Gasteiger charge is -2.20. The van der Waals surface area contributed by atoms with Gasteiger partial charge in [0.1, 0.15) is 11.0 Å². The Hall–Kier alpha value is -2.06. The summed E-state index contributed by atoms with van der Waals surface area (Å²) >= 11 is 1.21. The van der Waals surface area contributed by atoms with E-state index >= 15 is 0 Å². The van der Waals surface area contributed by atoms with Crippen LogP contribution >= 0.6 is 11.3 Å². The minimum atomic E-state index is -0.901. The average molecular weight is 368 g/mol. The van der Waals surface area contributed by atoms with Crippen LogP contribution in [0.4, 0.5) is 13.9 Å². The number of hydrogen-bond donors (Lipinski definition) is 1. The van der Waals surface area contributed by atoms with E-state index in [2.05, 4.69) is 10.3 Å². The number of ether oxygens (including phenoxy) is 2. The zero-order valence-corrected chi connectivity index (χ0v) is 14.7. The third kappa shape index (κ3) is 3.80. The Morgan fingerprint density at radius 1 is 1.44 bits per heavy atom. The van der Waals surface area contributed by atoms with Crippen LogP contribution in [0.2, 0.25) is 0 Å². The maximum Gasteiger partial charge on any atom is 0.350 e. The molecule has 1 saturated heterocycles. The van der Waals surface area contributed by atoms with Gasteiger partial charge in [-0.3, -0.25) is 0 Å². The Bertz CT molecular complexity index is 781. The summed E-state index contributed by atoms with van der Waals surface area (Å²) < 4.78 is 37.3. The molecule has 0 radical (unpaired) electrons. The number of anilines is 1. The molecule has 2 aromatic rings. The van der Waals surface area contributed by atoms with Crippen LogP contribution in [0.25, 0.3) is 0 Å². The molecule has 1 aromatic heterocycles. The third-order valence-corrected chi connectivity index (χ3v) is 5.00. The van der Waals surface area contributed by atoms with E-state index in [1.165, 1.54) is 17.4 Å². The van der Waals surface area contributed by atoms with Crippen molar-refractivity contribution in [3.05, 3.63) is 46.0 Å². The molecule has 1 N–H and O–H groups in total. The van der Waals surface area contributed by atoms with E-state index in [0.717, 1.165) is 12.1 Å². The van der Waals surface area contributed by atoms with E-state index in [4.69, 9.17) is 9.47 Å². The minimum absolute atomic E-state index is 0.148. The second kappa shape index (κ2) is 7.45. The van der Waals surface area contributed by atoms with Crippen LogP contribution in [0.3, 0.4) is 0 Å². The first-order valence-corrected chi connectivity index (χ1v) is 8.79. The molecule has 0 aliphatic carbocycles. The predicted octanol–water partition coefficient (Wildman–Crippen LogP) is 3.85. The van der Waals surface area contributed by atoms with Crippen molar-refractivity contribution in [2.45, 2.75) is 32.4 Å². The molecule has 2 atom stereocenters. The lowest BCUT2D eigenvalue weighted by molar-refractivity contribution is 0.0531. The number of carbonyl (C=O) groups is 1. The predicted molar refractivity (Wildman–Crippen MR) is 89.9 cm³/mol. The molecule has 2 heterocycles. The number of aryl methyl sites for hydroxylation is 1. The number of hydrogen-bond acceptors (Lipinski definition) is 6. The molecule has 3 rings (SSSR count). The zero-order valence-electron chi connectivity index (χ0n) is 13.8. The van der Waals surface area contributed by atoms with Crippen molar-refractivity contribution in [3.63, 3.8) is 0 Å². The van der Waals surface area contributed by atoms with Crippen molar-refractivity contribution in [2.75, 3.05) is 18.5 Å². The highest BCUT2D eigenvalue weighted by molar-refractivity contribution is 7.17. The van der Waals surface area contributed by atoms with Crippen molar-refractivity contribution >= 4 is 22.4 Å². The SMILES string of the molecule is CCOC(=O)c1sc(NC2CCOC2c2ccc(F)c(F)c2)nc1C. The van der Waals surface area contributed by atoms with Crippen LogP contribution in [0, 0.1) is 18.6 Å². The molecule has 0 amide bonds. The third-order valence-electron chi connectivity index (χ3n) is 3.93. The number of rotatable bonds is 5. The molecule has 1 aliphatic heterocycles. The van der Waals surface area contributed by atoms with Crippen LogP contribution in [0.15, 0.2) is 18.2 Å². The number of halogens is 2. The molecule has 1 aromatic carbocycles. The first-order valence-electron chi connectivity index (χ1n) is 7.97. The van der Waals surface area contributed by atoms with Gasteiger partial charge >= 0.3 is 5.97 Å². The van der Waals surface area contributed by atoms with E-state index in [1.54, 1.807) is 13.8 Å². The first kappa shape index (κ1) is 17.8. The highest BCUT2D eigenvalue weighted by atomic mass is 32.1. The fraction of sp³-hybridized carbons (Fsp3) is 0.412. The summed E-state index contributed by atoms with van der Waals surface area (Å²) in [5.74, 6) is -2.19. The Morgan fingerprint density at radius 2 is 2.24 bits per heavy atom. The van der Waals surface area contributed by atoms with Crippen molar-refractivity contribution in [1.29, 1.82) is 0 Å². The maximum absolute atomic E-state index is 13.5. The van der Waals surface area contributed by atoms with Gasteiger partial charge in [-0.25, -0.2) is 18.6 Å². The quantitative estimate of drug-likeness (QED) is 0.813. The normalized spacial score (nSPS) is 19.8. The van der Waals surface area contributed by atoms with Gasteiger partial charge in [-0.15, -0.1) is 0 Å². The summed E-state index contributed by atoms with van der Waals surface area (Å²) in [7, 11) is 0. The Morgan fingerprint density at radius 3 is 2.96 bits per heavy atom. The average Bonchev–Trinajstić information content (AvgIpc) is 3.17. The van der Waals surface area contributed by atoms with Crippen molar-refractivity contribution in [2.24, 2.45) is 0 Å². The van der Waals surface area contributed by atoms with E-state index in [-0.39, 0.29) is 6.04 Å². The summed E-state index contributed by atoms with van der Waals surface area (Å²) in [6.45, 7) is 4.28. The summed E-state index contributed by atoms with van der Waals surface area (Å²) in [5.41, 5.74) is 1.15. The van der Waals surface area contributed by atoms with E-state index in [0.29, 0.717) is 40.9 Å². The molecule has 25 heavy (non-hydrogen) atoms. The molecular formula is C17H18F2N2O3S. The van der Waals surface area contributed by atoms with Crippen molar-refractivity contribution in [1.82, 2.24) is 4.98 Å². The van der Waals surface area contributed by atoms with Crippen LogP contribution in [-0.2, 0) is 9.47 Å². The summed E-state index contributed by atoms with van der Waals surface area (Å²) in [4.78, 5) is 16.7. The van der Waals surface area contributed by atoms with Crippen molar-refractivity contribution < 1.29 is 23.0 Å². The van der Waals surface area contributed by atoms with Gasteiger partial charge in [0.05, 0.1) is 18.3 Å². The van der Waals surface area contributed by atoms with Gasteiger partial charge in [0.25, 0.3) is 0 Å². The smallest absolute Gasteiger partial charge is 0.350 e. The summed E-state index contributed by atoms with van der Waals surface area (Å²) in [6.07, 6.45) is 0.280. The number of esters is 1. The van der Waals surface area contributed by atoms with Crippen LogP contribution < -0.4 is 5.32 Å². The van der Waals surface area contributed by atoms with Crippen LogP contribution in [0.5, 0.6) is 0 Å². The monoisotopic (exact) mass is 368 g/mol. The molecule has 0 saturated carbocycles. The molecule has 0 spiro atoms. The molecule has 1 aliphatic rings. The number of nitrogens with zero attached hydrogens (tertiary/aromatic N) is 1. The minimum Gasteiger partial charge on any atom is -0.462 e. The van der Waals surface area contributed by atoms with Crippen molar-refractivity contribution in [3.8, 4) is 0 Å². The summed E-state index contributed by atoms with van der Waals surface area (Å²) in [5, 5.41) is 3.81. The Labute approximate surface area is 148 Å². The number of carbonyl (C=O) groups excluding carboxylic acids is 1. The van der Waals surface area contributed by atoms with Crippen LogP contribution in [-0.4, -0.2) is 30.2 Å². The van der Waals surface area contributed by atoms with Gasteiger partial charge in [0, 0.05) is 6.61 Å². The lowest BCUT2D eigenvalue weighted by atomic mass is 10.0. The Kier molecular flexibility index (Phi) is 5.29. The summed E-state index contributed by atoms with van der Waals surface area (Å²) in [6, 6.07) is 3.61. The van der Waals surface area contributed by atoms with Crippen LogP contribution in [0.1, 0.15) is 40.4 Å². The fourth-order valence-electron chi connectivity index (χ4n) is 2.76. The molecule has 2 unspecified atom stereocenters. The lowest BCUT2D eigenvalue weighted by Crippen LogP contribution is -2.23. The van der Waals surface area contributed by atoms with E-state index in [1.807, 2.05) is 0 Å². The fourth-order valence-corrected chi connectivity index (χ4v) is 3.68. The van der Waals surface area contributed by atoms with E-state index < -0.39 is 23.7 Å². The number of benzene rings is 1. The highest BCUT2D eigenvalue weighted by Gasteiger charge is 2.31. The van der Waals surface area contributed by atoms with Gasteiger partial charge in [-0.05, 0) is 38.0 Å². The van der Waals surface area contributed by atoms with Gasteiger partial charge < -0.3 is 14.8 Å². The Balaban J connectivity index is 1.76. The van der Waals surface area contributed by atoms with E-state index in [9.17, 15) is 13.6 Å². The second-order valence-corrected chi connectivity index (χ2v) is 6.66. The molecule has 1 fully saturated rings. The highest BCUT2D eigenvalue weighted by Crippen LogP contribution is 2.34. The number of nitrogens with one attached hydrogen (secondary N) is 1. The largest absolute Gasteiger partial charge is 0.462 e. The van der Waals surface area contributed by atoms with Gasteiger partial charge in [-0.2, -0.15) is 0 Å². The first-order chi connectivity index (χ1) is 12.0. The van der Waals surface area contributed by atoms with Gasteiger partial charge in [0.15, 0.2) is 16.8 Å². The standard InChI is InChI=1S/C17H18F2N2O3S/c1-3-23-16(22)15-9(2)20-17(25-15)21-13-6-7-24-14(13)10-4-5-11(18)12(19)8-10/h4-5,8,13-14H,3,6-7H2,1-2H3,(H,20,21). The molecule has 8 heteroatoms. The molecular weight excluding hydrogens is 350 g/mol. The number of aromatic nitrogens is 1. The molecule has 5 nitrogen and oxygen atoms in total. The molecule has 0 bridgehead atoms. The van der Waals surface area contributed by atoms with Gasteiger partial charge in [0.2, 0.25) is 0 Å². The maximum atomic E-state index is 13.5. The second-order valence-electron chi connectivity index (χ2n) is 5.66.